The van der Waals surface area contributed by atoms with Crippen LogP contribution in [0.3, 0.4) is 0 Å². The predicted octanol–water partition coefficient (Wildman–Crippen LogP) is 1.84. The number of likely N-dealkylation sites (N-methyl/N-ethyl adjacent to an activating group) is 1. The fraction of sp³-hybridized carbons (Fsp3) is 0.500. The van der Waals surface area contributed by atoms with Crippen molar-refractivity contribution in [2.24, 2.45) is 0 Å². The molecule has 1 rings (SSSR count). The van der Waals surface area contributed by atoms with E-state index < -0.39 is 0 Å². The molecule has 2 N–H and O–H groups in total. The Labute approximate surface area is 104 Å². The molecule has 0 spiro atoms. The first-order chi connectivity index (χ1) is 8.04. The second kappa shape index (κ2) is 6.40. The van der Waals surface area contributed by atoms with Gasteiger partial charge in [0.15, 0.2) is 0 Å². The molecule has 0 aliphatic rings. The Hall–Kier alpha value is -1.35. The van der Waals surface area contributed by atoms with Crippen LogP contribution in [0.5, 0.6) is 0 Å². The maximum atomic E-state index is 11.3. The van der Waals surface area contributed by atoms with E-state index in [0.29, 0.717) is 13.1 Å². The summed E-state index contributed by atoms with van der Waals surface area (Å²) in [6.07, 6.45) is 0. The van der Waals surface area contributed by atoms with Gasteiger partial charge in [-0.3, -0.25) is 4.79 Å². The van der Waals surface area contributed by atoms with Crippen LogP contribution in [0.25, 0.3) is 0 Å². The molecule has 0 aliphatic carbocycles. The number of nitrogens with one attached hydrogen (secondary N) is 2. The van der Waals surface area contributed by atoms with Crippen molar-refractivity contribution < 1.29 is 4.79 Å². The maximum Gasteiger partial charge on any atom is 0.233 e. The van der Waals surface area contributed by atoms with Crippen LogP contribution in [-0.4, -0.2) is 19.0 Å². The van der Waals surface area contributed by atoms with Gasteiger partial charge in [0.1, 0.15) is 0 Å². The van der Waals surface area contributed by atoms with Crippen LogP contribution >= 0.6 is 0 Å². The minimum Gasteiger partial charge on any atom is -0.355 e. The quantitative estimate of drug-likeness (QED) is 0.816. The third-order valence-electron chi connectivity index (χ3n) is 2.80. The lowest BCUT2D eigenvalue weighted by atomic mass is 10.00. The van der Waals surface area contributed by atoms with Crippen LogP contribution in [0, 0.1) is 20.8 Å². The van der Waals surface area contributed by atoms with Crippen molar-refractivity contribution in [3.63, 3.8) is 0 Å². The highest BCUT2D eigenvalue weighted by atomic mass is 16.1. The van der Waals surface area contributed by atoms with E-state index in [9.17, 15) is 4.79 Å². The largest absolute Gasteiger partial charge is 0.355 e. The summed E-state index contributed by atoms with van der Waals surface area (Å²) in [7, 11) is 0. The van der Waals surface area contributed by atoms with Crippen LogP contribution < -0.4 is 10.6 Å². The average molecular weight is 234 g/mol. The van der Waals surface area contributed by atoms with Gasteiger partial charge in [-0.1, -0.05) is 17.7 Å². The minimum absolute atomic E-state index is 0.0508. The Bertz CT molecular complexity index is 376. The van der Waals surface area contributed by atoms with Crippen LogP contribution in [-0.2, 0) is 11.3 Å². The number of hydrogen-bond acceptors (Lipinski definition) is 2. The van der Waals surface area contributed by atoms with Crippen molar-refractivity contribution in [3.8, 4) is 0 Å². The molecule has 0 aromatic heterocycles. The molecule has 0 saturated heterocycles. The fourth-order valence-electron chi connectivity index (χ4n) is 2.05. The average Bonchev–Trinajstić information content (AvgIpc) is 2.22. The van der Waals surface area contributed by atoms with E-state index >= 15 is 0 Å². The molecule has 3 heteroatoms. The van der Waals surface area contributed by atoms with Crippen LogP contribution in [0.2, 0.25) is 0 Å². The van der Waals surface area contributed by atoms with Crippen molar-refractivity contribution in [2.75, 3.05) is 13.1 Å². The summed E-state index contributed by atoms with van der Waals surface area (Å²) >= 11 is 0. The van der Waals surface area contributed by atoms with E-state index in [1.165, 1.54) is 22.3 Å². The molecule has 0 atom stereocenters. The van der Waals surface area contributed by atoms with Gasteiger partial charge in [-0.25, -0.2) is 0 Å². The van der Waals surface area contributed by atoms with Gasteiger partial charge in [0.25, 0.3) is 0 Å². The lowest BCUT2D eigenvalue weighted by molar-refractivity contribution is -0.120. The Morgan fingerprint density at radius 1 is 1.18 bits per heavy atom. The predicted molar refractivity (Wildman–Crippen MR) is 71.0 cm³/mol. The normalized spacial score (nSPS) is 10.4. The van der Waals surface area contributed by atoms with Crippen LogP contribution in [0.1, 0.15) is 29.2 Å². The molecular weight excluding hydrogens is 212 g/mol. The second-order valence-corrected chi connectivity index (χ2v) is 4.43. The monoisotopic (exact) mass is 234 g/mol. The molecule has 0 fully saturated rings. The van der Waals surface area contributed by atoms with Crippen molar-refractivity contribution >= 4 is 5.91 Å². The fourth-order valence-corrected chi connectivity index (χ4v) is 2.05. The highest BCUT2D eigenvalue weighted by Gasteiger charge is 2.04. The molecule has 0 saturated carbocycles. The van der Waals surface area contributed by atoms with E-state index in [4.69, 9.17) is 0 Å². The molecule has 1 aromatic carbocycles. The van der Waals surface area contributed by atoms with Crippen molar-refractivity contribution in [3.05, 3.63) is 34.4 Å². The van der Waals surface area contributed by atoms with Gasteiger partial charge in [0.05, 0.1) is 6.54 Å². The number of carbonyl (C=O) groups excluding carboxylic acids is 1. The molecule has 17 heavy (non-hydrogen) atoms. The summed E-state index contributed by atoms with van der Waals surface area (Å²) in [4.78, 5) is 11.3. The van der Waals surface area contributed by atoms with E-state index in [-0.39, 0.29) is 5.91 Å². The zero-order valence-electron chi connectivity index (χ0n) is 11.2. The zero-order valence-corrected chi connectivity index (χ0v) is 11.2. The smallest absolute Gasteiger partial charge is 0.233 e. The Kier molecular flexibility index (Phi) is 5.16. The molecule has 1 amide bonds. The van der Waals surface area contributed by atoms with E-state index in [0.717, 1.165) is 6.54 Å². The number of amides is 1. The van der Waals surface area contributed by atoms with E-state index in [1.54, 1.807) is 0 Å². The van der Waals surface area contributed by atoms with Gasteiger partial charge >= 0.3 is 0 Å². The summed E-state index contributed by atoms with van der Waals surface area (Å²) in [5.41, 5.74) is 5.14. The molecule has 0 heterocycles. The molecular formula is C14H22N2O. The Morgan fingerprint density at radius 3 is 2.29 bits per heavy atom. The summed E-state index contributed by atoms with van der Waals surface area (Å²) in [6.45, 7) is 10.1. The highest BCUT2D eigenvalue weighted by molar-refractivity contribution is 5.77. The highest BCUT2D eigenvalue weighted by Crippen LogP contribution is 2.15. The van der Waals surface area contributed by atoms with Gasteiger partial charge in [-0.15, -0.1) is 0 Å². The topological polar surface area (TPSA) is 41.1 Å². The molecule has 94 valence electrons. The van der Waals surface area contributed by atoms with Gasteiger partial charge in [0, 0.05) is 13.1 Å². The minimum atomic E-state index is 0.0508. The van der Waals surface area contributed by atoms with Gasteiger partial charge < -0.3 is 10.6 Å². The van der Waals surface area contributed by atoms with Crippen molar-refractivity contribution in [1.29, 1.82) is 0 Å². The standard InChI is InChI=1S/C14H22N2O/c1-5-16-14(17)9-15-8-13-11(3)6-10(2)7-12(13)4/h6-7,15H,5,8-9H2,1-4H3,(H,16,17). The lowest BCUT2D eigenvalue weighted by Gasteiger charge is -2.12. The van der Waals surface area contributed by atoms with Gasteiger partial charge in [-0.05, 0) is 44.4 Å². The summed E-state index contributed by atoms with van der Waals surface area (Å²) in [6, 6.07) is 4.35. The molecule has 0 radical (unpaired) electrons. The zero-order chi connectivity index (χ0) is 12.8. The Morgan fingerprint density at radius 2 is 1.76 bits per heavy atom. The molecule has 0 bridgehead atoms. The molecule has 0 unspecified atom stereocenters. The molecule has 3 nitrogen and oxygen atoms in total. The number of rotatable bonds is 5. The van der Waals surface area contributed by atoms with Gasteiger partial charge in [0.2, 0.25) is 5.91 Å². The van der Waals surface area contributed by atoms with Gasteiger partial charge in [-0.2, -0.15) is 0 Å². The number of hydrogen-bond donors (Lipinski definition) is 2. The van der Waals surface area contributed by atoms with Crippen LogP contribution in [0.15, 0.2) is 12.1 Å². The second-order valence-electron chi connectivity index (χ2n) is 4.43. The first-order valence-corrected chi connectivity index (χ1v) is 6.08. The third-order valence-corrected chi connectivity index (χ3v) is 2.80. The third kappa shape index (κ3) is 4.19. The SMILES string of the molecule is CCNC(=O)CNCc1c(C)cc(C)cc1C. The van der Waals surface area contributed by atoms with Crippen molar-refractivity contribution in [2.45, 2.75) is 34.2 Å². The van der Waals surface area contributed by atoms with E-state index in [2.05, 4.69) is 43.5 Å². The Balaban J connectivity index is 2.55. The maximum absolute atomic E-state index is 11.3. The molecule has 0 aliphatic heterocycles. The first kappa shape index (κ1) is 13.7. The van der Waals surface area contributed by atoms with Crippen molar-refractivity contribution in [1.82, 2.24) is 10.6 Å². The molecule has 1 aromatic rings. The number of carbonyl (C=O) groups is 1. The lowest BCUT2D eigenvalue weighted by Crippen LogP contribution is -2.33. The summed E-state index contributed by atoms with van der Waals surface area (Å²) < 4.78 is 0. The van der Waals surface area contributed by atoms with E-state index in [1.807, 2.05) is 6.92 Å². The summed E-state index contributed by atoms with van der Waals surface area (Å²) in [5, 5.41) is 5.94. The summed E-state index contributed by atoms with van der Waals surface area (Å²) in [5.74, 6) is 0.0508. The first-order valence-electron chi connectivity index (χ1n) is 6.08. The number of benzene rings is 1. The van der Waals surface area contributed by atoms with Crippen LogP contribution in [0.4, 0.5) is 0 Å². The number of aryl methyl sites for hydroxylation is 3.